The molecule has 24 heavy (non-hydrogen) atoms. The third kappa shape index (κ3) is 3.40. The van der Waals surface area contributed by atoms with Crippen molar-refractivity contribution in [2.24, 2.45) is 5.92 Å². The Balaban J connectivity index is 1.68. The summed E-state index contributed by atoms with van der Waals surface area (Å²) in [4.78, 5) is 31.0. The van der Waals surface area contributed by atoms with Crippen LogP contribution in [0.5, 0.6) is 0 Å². The van der Waals surface area contributed by atoms with Gasteiger partial charge in [-0.25, -0.2) is 0 Å². The molecule has 0 saturated carbocycles. The number of carbonyl (C=O) groups is 2. The number of carbonyl (C=O) groups excluding carboxylic acids is 2. The van der Waals surface area contributed by atoms with Gasteiger partial charge < -0.3 is 10.2 Å². The standard InChI is InChI=1S/C19H23N3O2/c1-13(2)18-19(24)20-11-12-22(18)17(23)10-9-15-8-7-14-5-3-4-6-16(14)21-15/h3-8,13,18H,9-12H2,1-2H3,(H,20,24). The van der Waals surface area contributed by atoms with Crippen LogP contribution in [0.15, 0.2) is 36.4 Å². The number of pyridine rings is 1. The number of benzene rings is 1. The number of amides is 2. The SMILES string of the molecule is CC(C)C1C(=O)NCCN1C(=O)CCc1ccc2ccccc2n1. The zero-order chi connectivity index (χ0) is 17.1. The molecule has 1 aromatic heterocycles. The predicted molar refractivity (Wildman–Crippen MR) is 93.4 cm³/mol. The summed E-state index contributed by atoms with van der Waals surface area (Å²) in [5, 5.41) is 3.94. The normalized spacial score (nSPS) is 18.0. The molecule has 3 rings (SSSR count). The van der Waals surface area contributed by atoms with E-state index in [0.29, 0.717) is 25.9 Å². The highest BCUT2D eigenvalue weighted by molar-refractivity contribution is 5.89. The van der Waals surface area contributed by atoms with Gasteiger partial charge in [0, 0.05) is 30.6 Å². The van der Waals surface area contributed by atoms with Gasteiger partial charge in [0.25, 0.3) is 0 Å². The van der Waals surface area contributed by atoms with E-state index in [-0.39, 0.29) is 23.8 Å². The molecule has 1 aliphatic heterocycles. The summed E-state index contributed by atoms with van der Waals surface area (Å²) in [6, 6.07) is 11.6. The summed E-state index contributed by atoms with van der Waals surface area (Å²) in [6.45, 7) is 5.06. The lowest BCUT2D eigenvalue weighted by molar-refractivity contribution is -0.145. The summed E-state index contributed by atoms with van der Waals surface area (Å²) < 4.78 is 0. The number of aromatic nitrogens is 1. The first-order chi connectivity index (χ1) is 11.6. The fourth-order valence-electron chi connectivity index (χ4n) is 3.25. The molecule has 0 spiro atoms. The molecule has 2 amide bonds. The smallest absolute Gasteiger partial charge is 0.243 e. The van der Waals surface area contributed by atoms with Gasteiger partial charge in [-0.2, -0.15) is 0 Å². The van der Waals surface area contributed by atoms with Crippen LogP contribution in [0, 0.1) is 5.92 Å². The molecule has 2 aromatic rings. The van der Waals surface area contributed by atoms with Gasteiger partial charge in [0.1, 0.15) is 6.04 Å². The quantitative estimate of drug-likeness (QED) is 0.937. The third-order valence-electron chi connectivity index (χ3n) is 4.46. The molecule has 5 nitrogen and oxygen atoms in total. The van der Waals surface area contributed by atoms with Crippen molar-refractivity contribution in [1.82, 2.24) is 15.2 Å². The second-order valence-corrected chi connectivity index (χ2v) is 6.56. The topological polar surface area (TPSA) is 62.3 Å². The highest BCUT2D eigenvalue weighted by atomic mass is 16.2. The highest BCUT2D eigenvalue weighted by Crippen LogP contribution is 2.17. The zero-order valence-corrected chi connectivity index (χ0v) is 14.2. The summed E-state index contributed by atoms with van der Waals surface area (Å²) in [7, 11) is 0. The lowest BCUT2D eigenvalue weighted by Gasteiger charge is -2.37. The highest BCUT2D eigenvalue weighted by Gasteiger charge is 2.34. The Bertz CT molecular complexity index is 757. The molecule has 1 N–H and O–H groups in total. The van der Waals surface area contributed by atoms with Crippen LogP contribution in [0.2, 0.25) is 0 Å². The molecule has 1 aliphatic rings. The van der Waals surface area contributed by atoms with Gasteiger partial charge in [-0.1, -0.05) is 38.1 Å². The summed E-state index contributed by atoms with van der Waals surface area (Å²) in [5.74, 6) is 0.0833. The Morgan fingerprint density at radius 3 is 2.88 bits per heavy atom. The van der Waals surface area contributed by atoms with Crippen LogP contribution < -0.4 is 5.32 Å². The molecule has 0 bridgehead atoms. The molecule has 0 radical (unpaired) electrons. The van der Waals surface area contributed by atoms with Gasteiger partial charge in [0.05, 0.1) is 5.52 Å². The van der Waals surface area contributed by atoms with E-state index in [4.69, 9.17) is 0 Å². The number of para-hydroxylation sites is 1. The van der Waals surface area contributed by atoms with Gasteiger partial charge >= 0.3 is 0 Å². The summed E-state index contributed by atoms with van der Waals surface area (Å²) >= 11 is 0. The molecule has 1 atom stereocenters. The zero-order valence-electron chi connectivity index (χ0n) is 14.2. The average Bonchev–Trinajstić information content (AvgIpc) is 2.59. The molecule has 1 unspecified atom stereocenters. The van der Waals surface area contributed by atoms with Crippen LogP contribution >= 0.6 is 0 Å². The Hall–Kier alpha value is -2.43. The van der Waals surface area contributed by atoms with E-state index in [1.165, 1.54) is 0 Å². The van der Waals surface area contributed by atoms with Crippen molar-refractivity contribution in [2.75, 3.05) is 13.1 Å². The maximum Gasteiger partial charge on any atom is 0.243 e. The number of nitrogens with one attached hydrogen (secondary N) is 1. The van der Waals surface area contributed by atoms with Crippen molar-refractivity contribution in [2.45, 2.75) is 32.7 Å². The minimum absolute atomic E-state index is 0.0264. The Labute approximate surface area is 142 Å². The van der Waals surface area contributed by atoms with E-state index in [2.05, 4.69) is 10.3 Å². The summed E-state index contributed by atoms with van der Waals surface area (Å²) in [5.41, 5.74) is 1.85. The van der Waals surface area contributed by atoms with Crippen molar-refractivity contribution >= 4 is 22.7 Å². The number of hydrogen-bond donors (Lipinski definition) is 1. The molecule has 1 saturated heterocycles. The van der Waals surface area contributed by atoms with Gasteiger partial charge in [-0.15, -0.1) is 0 Å². The maximum atomic E-state index is 12.6. The first-order valence-corrected chi connectivity index (χ1v) is 8.48. The first kappa shape index (κ1) is 16.4. The van der Waals surface area contributed by atoms with Crippen LogP contribution in [0.3, 0.4) is 0 Å². The van der Waals surface area contributed by atoms with Crippen molar-refractivity contribution in [1.29, 1.82) is 0 Å². The lowest BCUT2D eigenvalue weighted by atomic mass is 9.99. The number of piperazine rings is 1. The van der Waals surface area contributed by atoms with Gasteiger partial charge in [-0.05, 0) is 24.5 Å². The van der Waals surface area contributed by atoms with Crippen molar-refractivity contribution < 1.29 is 9.59 Å². The third-order valence-corrected chi connectivity index (χ3v) is 4.46. The second kappa shape index (κ2) is 6.99. The minimum Gasteiger partial charge on any atom is -0.353 e. The fraction of sp³-hybridized carbons (Fsp3) is 0.421. The maximum absolute atomic E-state index is 12.6. The summed E-state index contributed by atoms with van der Waals surface area (Å²) in [6.07, 6.45) is 0.967. The van der Waals surface area contributed by atoms with Crippen molar-refractivity contribution in [3.8, 4) is 0 Å². The van der Waals surface area contributed by atoms with E-state index in [1.807, 2.05) is 50.2 Å². The van der Waals surface area contributed by atoms with Gasteiger partial charge in [0.15, 0.2) is 0 Å². The molecule has 126 valence electrons. The van der Waals surface area contributed by atoms with E-state index in [0.717, 1.165) is 16.6 Å². The predicted octanol–water partition coefficient (Wildman–Crippen LogP) is 2.15. The second-order valence-electron chi connectivity index (χ2n) is 6.56. The largest absolute Gasteiger partial charge is 0.353 e. The Morgan fingerprint density at radius 1 is 1.29 bits per heavy atom. The monoisotopic (exact) mass is 325 g/mol. The van der Waals surface area contributed by atoms with Crippen LogP contribution in [0.1, 0.15) is 26.0 Å². The molecular formula is C19H23N3O2. The number of hydrogen-bond acceptors (Lipinski definition) is 3. The van der Waals surface area contributed by atoms with Crippen molar-refractivity contribution in [3.63, 3.8) is 0 Å². The van der Waals surface area contributed by atoms with Crippen LogP contribution in [0.4, 0.5) is 0 Å². The number of nitrogens with zero attached hydrogens (tertiary/aromatic N) is 2. The minimum atomic E-state index is -0.365. The number of aryl methyl sites for hydroxylation is 1. The van der Waals surface area contributed by atoms with Gasteiger partial charge in [0.2, 0.25) is 11.8 Å². The van der Waals surface area contributed by atoms with E-state index >= 15 is 0 Å². The van der Waals surface area contributed by atoms with E-state index in [1.54, 1.807) is 4.90 Å². The van der Waals surface area contributed by atoms with E-state index < -0.39 is 0 Å². The molecule has 5 heteroatoms. The van der Waals surface area contributed by atoms with Gasteiger partial charge in [-0.3, -0.25) is 14.6 Å². The fourth-order valence-corrected chi connectivity index (χ4v) is 3.25. The van der Waals surface area contributed by atoms with Crippen LogP contribution in [-0.4, -0.2) is 40.8 Å². The molecule has 0 aliphatic carbocycles. The van der Waals surface area contributed by atoms with Crippen LogP contribution in [-0.2, 0) is 16.0 Å². The Morgan fingerprint density at radius 2 is 2.08 bits per heavy atom. The van der Waals surface area contributed by atoms with E-state index in [9.17, 15) is 9.59 Å². The Kier molecular flexibility index (Phi) is 4.79. The molecule has 2 heterocycles. The average molecular weight is 325 g/mol. The number of rotatable bonds is 4. The molecule has 1 fully saturated rings. The molecular weight excluding hydrogens is 302 g/mol. The first-order valence-electron chi connectivity index (χ1n) is 8.48. The van der Waals surface area contributed by atoms with Crippen LogP contribution in [0.25, 0.3) is 10.9 Å². The number of fused-ring (bicyclic) bond motifs is 1. The lowest BCUT2D eigenvalue weighted by Crippen LogP contribution is -2.59. The van der Waals surface area contributed by atoms with Crippen molar-refractivity contribution in [3.05, 3.63) is 42.1 Å². The molecule has 1 aromatic carbocycles.